The zero-order valence-corrected chi connectivity index (χ0v) is 16.5. The number of hydrogen-bond acceptors (Lipinski definition) is 5. The Labute approximate surface area is 169 Å². The van der Waals surface area contributed by atoms with Crippen LogP contribution in [0.4, 0.5) is 5.13 Å². The quantitative estimate of drug-likeness (QED) is 0.696. The highest BCUT2D eigenvalue weighted by Crippen LogP contribution is 2.25. The van der Waals surface area contributed by atoms with Crippen LogP contribution in [0.25, 0.3) is 0 Å². The van der Waals surface area contributed by atoms with E-state index in [1.54, 1.807) is 6.20 Å². The van der Waals surface area contributed by atoms with Gasteiger partial charge in [0.25, 0.3) is 0 Å². The number of rotatable bonds is 6. The Hall–Kier alpha value is -2.54. The van der Waals surface area contributed by atoms with Crippen molar-refractivity contribution in [3.05, 3.63) is 83.4 Å². The van der Waals surface area contributed by atoms with Gasteiger partial charge in [-0.2, -0.15) is 0 Å². The third-order valence-corrected chi connectivity index (χ3v) is 5.74. The summed E-state index contributed by atoms with van der Waals surface area (Å²) < 4.78 is 0. The molecule has 0 radical (unpaired) electrons. The summed E-state index contributed by atoms with van der Waals surface area (Å²) in [5, 5.41) is 5.50. The van der Waals surface area contributed by atoms with Gasteiger partial charge in [-0.3, -0.25) is 14.6 Å². The number of amides is 1. The topological polar surface area (TPSA) is 48.5 Å². The second-order valence-corrected chi connectivity index (χ2v) is 7.83. The van der Waals surface area contributed by atoms with Crippen LogP contribution in [0, 0.1) is 0 Å². The van der Waals surface area contributed by atoms with Gasteiger partial charge in [0.1, 0.15) is 6.04 Å². The van der Waals surface area contributed by atoms with Gasteiger partial charge in [-0.05, 0) is 11.1 Å². The first-order valence-electron chi connectivity index (χ1n) is 9.55. The van der Waals surface area contributed by atoms with Gasteiger partial charge in [0.2, 0.25) is 5.91 Å². The molecule has 144 valence electrons. The van der Waals surface area contributed by atoms with E-state index in [9.17, 15) is 4.79 Å². The van der Waals surface area contributed by atoms with Crippen molar-refractivity contribution in [3.63, 3.8) is 0 Å². The molecule has 0 spiro atoms. The Morgan fingerprint density at radius 1 is 1.00 bits per heavy atom. The Bertz CT molecular complexity index is 862. The Morgan fingerprint density at radius 3 is 2.32 bits per heavy atom. The molecule has 28 heavy (non-hydrogen) atoms. The summed E-state index contributed by atoms with van der Waals surface area (Å²) in [4.78, 5) is 22.0. The maximum atomic E-state index is 13.1. The smallest absolute Gasteiger partial charge is 0.248 e. The molecule has 1 aliphatic heterocycles. The van der Waals surface area contributed by atoms with E-state index in [1.165, 1.54) is 16.9 Å². The fraction of sp³-hybridized carbons (Fsp3) is 0.273. The third kappa shape index (κ3) is 4.65. The zero-order valence-electron chi connectivity index (χ0n) is 15.7. The van der Waals surface area contributed by atoms with Gasteiger partial charge in [0, 0.05) is 44.3 Å². The molecule has 5 nitrogen and oxygen atoms in total. The number of nitrogens with zero attached hydrogens (tertiary/aromatic N) is 3. The molecule has 1 unspecified atom stereocenters. The van der Waals surface area contributed by atoms with E-state index in [-0.39, 0.29) is 11.9 Å². The molecule has 0 bridgehead atoms. The number of carbonyl (C=O) groups is 1. The van der Waals surface area contributed by atoms with Gasteiger partial charge in [-0.1, -0.05) is 60.7 Å². The van der Waals surface area contributed by atoms with Crippen LogP contribution in [0.5, 0.6) is 0 Å². The first kappa shape index (κ1) is 18.8. The molecule has 1 saturated heterocycles. The molecule has 0 saturated carbocycles. The van der Waals surface area contributed by atoms with Crippen LogP contribution in [0.2, 0.25) is 0 Å². The van der Waals surface area contributed by atoms with Crippen molar-refractivity contribution in [3.8, 4) is 0 Å². The van der Waals surface area contributed by atoms with Gasteiger partial charge < -0.3 is 5.32 Å². The maximum Gasteiger partial charge on any atom is 0.248 e. The molecule has 2 heterocycles. The van der Waals surface area contributed by atoms with Gasteiger partial charge in [-0.15, -0.1) is 11.3 Å². The van der Waals surface area contributed by atoms with E-state index in [0.717, 1.165) is 38.3 Å². The highest BCUT2D eigenvalue weighted by molar-refractivity contribution is 7.13. The SMILES string of the molecule is O=C(Nc1nccs1)C(c1ccccc1)N1CCN(Cc2ccccc2)CC1. The van der Waals surface area contributed by atoms with Crippen molar-refractivity contribution >= 4 is 22.4 Å². The average molecular weight is 393 g/mol. The minimum atomic E-state index is -0.302. The predicted molar refractivity (Wildman–Crippen MR) is 113 cm³/mol. The molecule has 1 fully saturated rings. The Balaban J connectivity index is 1.44. The number of piperazine rings is 1. The molecule has 2 aromatic carbocycles. The van der Waals surface area contributed by atoms with E-state index in [4.69, 9.17) is 0 Å². The predicted octanol–water partition coefficient (Wildman–Crippen LogP) is 3.64. The summed E-state index contributed by atoms with van der Waals surface area (Å²) in [6, 6.07) is 20.3. The molecule has 1 amide bonds. The van der Waals surface area contributed by atoms with E-state index in [0.29, 0.717) is 5.13 Å². The number of carbonyl (C=O) groups excluding carboxylic acids is 1. The minimum absolute atomic E-state index is 0.0161. The lowest BCUT2D eigenvalue weighted by molar-refractivity contribution is -0.122. The molecule has 0 aliphatic carbocycles. The van der Waals surface area contributed by atoms with Crippen molar-refractivity contribution in [2.24, 2.45) is 0 Å². The standard InChI is InChI=1S/C22H24N4OS/c27-21(24-22-23-11-16-28-22)20(19-9-5-2-6-10-19)26-14-12-25(13-15-26)17-18-7-3-1-4-8-18/h1-11,16,20H,12-15,17H2,(H,23,24,27). The van der Waals surface area contributed by atoms with Crippen LogP contribution in [0.1, 0.15) is 17.2 Å². The summed E-state index contributed by atoms with van der Waals surface area (Å²) in [5.74, 6) is -0.0161. The summed E-state index contributed by atoms with van der Waals surface area (Å²) in [7, 11) is 0. The zero-order chi connectivity index (χ0) is 19.2. The van der Waals surface area contributed by atoms with Crippen molar-refractivity contribution in [2.45, 2.75) is 12.6 Å². The Morgan fingerprint density at radius 2 is 1.68 bits per heavy atom. The molecule has 1 atom stereocenters. The molecule has 1 N–H and O–H groups in total. The van der Waals surface area contributed by atoms with Crippen molar-refractivity contribution in [1.82, 2.24) is 14.8 Å². The van der Waals surface area contributed by atoms with Crippen molar-refractivity contribution < 1.29 is 4.79 Å². The lowest BCUT2D eigenvalue weighted by Gasteiger charge is -2.38. The summed E-state index contributed by atoms with van der Waals surface area (Å²) >= 11 is 1.44. The molecule has 3 aromatic rings. The van der Waals surface area contributed by atoms with E-state index in [2.05, 4.69) is 44.4 Å². The van der Waals surface area contributed by atoms with Gasteiger partial charge in [0.15, 0.2) is 5.13 Å². The van der Waals surface area contributed by atoms with Gasteiger partial charge in [0.05, 0.1) is 0 Å². The average Bonchev–Trinajstić information content (AvgIpc) is 3.24. The van der Waals surface area contributed by atoms with Gasteiger partial charge in [-0.25, -0.2) is 4.98 Å². The number of anilines is 1. The number of aromatic nitrogens is 1. The molecule has 6 heteroatoms. The minimum Gasteiger partial charge on any atom is -0.300 e. The van der Waals surface area contributed by atoms with Crippen LogP contribution in [0.15, 0.2) is 72.2 Å². The van der Waals surface area contributed by atoms with E-state index >= 15 is 0 Å². The first-order valence-corrected chi connectivity index (χ1v) is 10.4. The van der Waals surface area contributed by atoms with Crippen LogP contribution in [0.3, 0.4) is 0 Å². The van der Waals surface area contributed by atoms with Crippen LogP contribution in [-0.2, 0) is 11.3 Å². The largest absolute Gasteiger partial charge is 0.300 e. The van der Waals surface area contributed by atoms with Gasteiger partial charge >= 0.3 is 0 Å². The first-order chi connectivity index (χ1) is 13.8. The van der Waals surface area contributed by atoms with E-state index < -0.39 is 0 Å². The van der Waals surface area contributed by atoms with Crippen molar-refractivity contribution in [2.75, 3.05) is 31.5 Å². The number of benzene rings is 2. The lowest BCUT2D eigenvalue weighted by Crippen LogP contribution is -2.49. The molecule has 1 aliphatic rings. The van der Waals surface area contributed by atoms with Crippen LogP contribution in [-0.4, -0.2) is 46.9 Å². The molecular formula is C22H24N4OS. The summed E-state index contributed by atoms with van der Waals surface area (Å²) in [6.45, 7) is 4.57. The van der Waals surface area contributed by atoms with E-state index in [1.807, 2.05) is 41.8 Å². The Kier molecular flexibility index (Phi) is 6.11. The summed E-state index contributed by atoms with van der Waals surface area (Å²) in [6.07, 6.45) is 1.71. The fourth-order valence-corrected chi connectivity index (χ4v) is 4.18. The second kappa shape index (κ2) is 9.10. The number of hydrogen-bond donors (Lipinski definition) is 1. The maximum absolute atomic E-state index is 13.1. The monoisotopic (exact) mass is 392 g/mol. The lowest BCUT2D eigenvalue weighted by atomic mass is 10.0. The van der Waals surface area contributed by atoms with Crippen LogP contribution >= 0.6 is 11.3 Å². The normalized spacial score (nSPS) is 16.6. The van der Waals surface area contributed by atoms with Crippen molar-refractivity contribution in [1.29, 1.82) is 0 Å². The highest BCUT2D eigenvalue weighted by Gasteiger charge is 2.30. The number of nitrogens with one attached hydrogen (secondary N) is 1. The highest BCUT2D eigenvalue weighted by atomic mass is 32.1. The number of thiazole rings is 1. The molecule has 1 aromatic heterocycles. The third-order valence-electron chi connectivity index (χ3n) is 5.05. The fourth-order valence-electron chi connectivity index (χ4n) is 3.64. The second-order valence-electron chi connectivity index (χ2n) is 6.94. The van der Waals surface area contributed by atoms with Crippen LogP contribution < -0.4 is 5.32 Å². The molecule has 4 rings (SSSR count). The summed E-state index contributed by atoms with van der Waals surface area (Å²) in [5.41, 5.74) is 2.35. The molecular weight excluding hydrogens is 368 g/mol.